The van der Waals surface area contributed by atoms with E-state index in [2.05, 4.69) is 17.3 Å². The lowest BCUT2D eigenvalue weighted by molar-refractivity contribution is -0.143. The maximum absolute atomic E-state index is 12.1. The Morgan fingerprint density at radius 1 is 1.33 bits per heavy atom. The molecule has 0 aromatic rings. The molecule has 15 heavy (non-hydrogen) atoms. The Hall–Kier alpha value is -0.570. The van der Waals surface area contributed by atoms with E-state index in [4.69, 9.17) is 0 Å². The highest BCUT2D eigenvalue weighted by Crippen LogP contribution is 2.47. The number of nitrogens with zero attached hydrogens (tertiary/aromatic N) is 1. The van der Waals surface area contributed by atoms with Crippen LogP contribution < -0.4 is 5.32 Å². The second-order valence-electron chi connectivity index (χ2n) is 5.71. The first kappa shape index (κ1) is 9.64. The number of likely N-dealkylation sites (tertiary alicyclic amines) is 1. The highest BCUT2D eigenvalue weighted by atomic mass is 16.2. The number of amides is 1. The van der Waals surface area contributed by atoms with Gasteiger partial charge in [-0.1, -0.05) is 0 Å². The lowest BCUT2D eigenvalue weighted by atomic mass is 9.62. The molecule has 0 radical (unpaired) electrons. The Kier molecular flexibility index (Phi) is 2.06. The van der Waals surface area contributed by atoms with Crippen LogP contribution in [-0.2, 0) is 4.79 Å². The topological polar surface area (TPSA) is 32.3 Å². The Morgan fingerprint density at radius 3 is 2.67 bits per heavy atom. The van der Waals surface area contributed by atoms with E-state index in [0.717, 1.165) is 38.3 Å². The highest BCUT2D eigenvalue weighted by Gasteiger charge is 2.50. The summed E-state index contributed by atoms with van der Waals surface area (Å²) < 4.78 is 0. The quantitative estimate of drug-likeness (QED) is 0.644. The van der Waals surface area contributed by atoms with Gasteiger partial charge in [-0.25, -0.2) is 0 Å². The normalized spacial score (nSPS) is 39.4. The first-order chi connectivity index (χ1) is 7.20. The van der Waals surface area contributed by atoms with Crippen molar-refractivity contribution >= 4 is 5.91 Å². The zero-order valence-electron chi connectivity index (χ0n) is 9.46. The third-order valence-electron chi connectivity index (χ3n) is 4.81. The molecule has 2 saturated heterocycles. The monoisotopic (exact) mass is 208 g/mol. The summed E-state index contributed by atoms with van der Waals surface area (Å²) in [6, 6.07) is 0.530. The van der Waals surface area contributed by atoms with Crippen LogP contribution in [0.3, 0.4) is 0 Å². The summed E-state index contributed by atoms with van der Waals surface area (Å²) in [4.78, 5) is 14.5. The molecule has 1 amide bonds. The van der Waals surface area contributed by atoms with E-state index in [1.807, 2.05) is 0 Å². The minimum Gasteiger partial charge on any atom is -0.353 e. The van der Waals surface area contributed by atoms with Gasteiger partial charge in [0.1, 0.15) is 0 Å². The van der Waals surface area contributed by atoms with Crippen molar-refractivity contribution in [1.82, 2.24) is 10.2 Å². The summed E-state index contributed by atoms with van der Waals surface area (Å²) in [6.45, 7) is 2.18. The number of carbonyl (C=O) groups excluding carboxylic acids is 1. The van der Waals surface area contributed by atoms with Crippen molar-refractivity contribution in [1.29, 1.82) is 0 Å². The van der Waals surface area contributed by atoms with Crippen LogP contribution in [0.4, 0.5) is 0 Å². The van der Waals surface area contributed by atoms with Crippen LogP contribution in [0.1, 0.15) is 32.1 Å². The number of hydrogen-bond donors (Lipinski definition) is 1. The number of piperidine rings is 2. The zero-order valence-corrected chi connectivity index (χ0v) is 9.46. The van der Waals surface area contributed by atoms with Crippen LogP contribution in [0.15, 0.2) is 0 Å². The Bertz CT molecular complexity index is 281. The first-order valence-electron chi connectivity index (χ1n) is 6.19. The van der Waals surface area contributed by atoms with Crippen molar-refractivity contribution in [3.63, 3.8) is 0 Å². The van der Waals surface area contributed by atoms with Crippen molar-refractivity contribution in [2.75, 3.05) is 20.1 Å². The summed E-state index contributed by atoms with van der Waals surface area (Å²) in [6.07, 6.45) is 5.85. The first-order valence-corrected chi connectivity index (χ1v) is 6.19. The fraction of sp³-hybridized carbons (Fsp3) is 0.917. The molecule has 3 fully saturated rings. The van der Waals surface area contributed by atoms with E-state index < -0.39 is 0 Å². The lowest BCUT2D eigenvalue weighted by Crippen LogP contribution is -2.61. The largest absolute Gasteiger partial charge is 0.353 e. The number of carbonyl (C=O) groups is 1. The highest BCUT2D eigenvalue weighted by molar-refractivity contribution is 5.84. The fourth-order valence-corrected chi connectivity index (χ4v) is 3.40. The average molecular weight is 208 g/mol. The van der Waals surface area contributed by atoms with Gasteiger partial charge < -0.3 is 10.2 Å². The number of hydrogen-bond acceptors (Lipinski definition) is 2. The molecular formula is C12H20N2O. The minimum atomic E-state index is 0.00803. The van der Waals surface area contributed by atoms with Gasteiger partial charge >= 0.3 is 0 Å². The molecule has 1 spiro atoms. The number of fused-ring (bicyclic) bond motifs is 1. The Labute approximate surface area is 91.2 Å². The molecule has 0 aromatic heterocycles. The molecule has 2 atom stereocenters. The van der Waals surface area contributed by atoms with Gasteiger partial charge in [0.05, 0.1) is 5.41 Å². The Balaban J connectivity index is 1.76. The molecule has 0 aromatic carbocycles. The van der Waals surface area contributed by atoms with Crippen molar-refractivity contribution in [2.24, 2.45) is 11.3 Å². The third kappa shape index (κ3) is 1.40. The molecule has 3 aliphatic rings. The second-order valence-corrected chi connectivity index (χ2v) is 5.71. The average Bonchev–Trinajstić information content (AvgIpc) is 2.22. The molecule has 1 aliphatic carbocycles. The number of rotatable bonds is 0. The Morgan fingerprint density at radius 2 is 2.07 bits per heavy atom. The van der Waals surface area contributed by atoms with Crippen molar-refractivity contribution in [2.45, 2.75) is 38.1 Å². The molecule has 2 heterocycles. The summed E-state index contributed by atoms with van der Waals surface area (Å²) in [7, 11) is 2.15. The van der Waals surface area contributed by atoms with Gasteiger partial charge in [-0.15, -0.1) is 0 Å². The van der Waals surface area contributed by atoms with E-state index in [1.54, 1.807) is 0 Å². The molecule has 84 valence electrons. The SMILES string of the molecule is CN1CCC2(CC1)CC1CCC1NC2=O. The van der Waals surface area contributed by atoms with Crippen LogP contribution >= 0.6 is 0 Å². The predicted octanol–water partition coefficient (Wildman–Crippen LogP) is 0.997. The third-order valence-corrected chi connectivity index (χ3v) is 4.81. The van der Waals surface area contributed by atoms with E-state index in [0.29, 0.717) is 11.9 Å². The van der Waals surface area contributed by atoms with Crippen LogP contribution in [0.2, 0.25) is 0 Å². The summed E-state index contributed by atoms with van der Waals surface area (Å²) in [5.74, 6) is 1.16. The molecule has 0 bridgehead atoms. The van der Waals surface area contributed by atoms with Gasteiger partial charge in [0.25, 0.3) is 0 Å². The van der Waals surface area contributed by atoms with E-state index >= 15 is 0 Å². The van der Waals surface area contributed by atoms with Crippen molar-refractivity contribution in [3.05, 3.63) is 0 Å². The molecule has 2 aliphatic heterocycles. The zero-order chi connectivity index (χ0) is 10.5. The van der Waals surface area contributed by atoms with E-state index in [9.17, 15) is 4.79 Å². The van der Waals surface area contributed by atoms with Crippen LogP contribution in [-0.4, -0.2) is 37.0 Å². The summed E-state index contributed by atoms with van der Waals surface area (Å²) in [5.41, 5.74) is 0.00803. The second kappa shape index (κ2) is 3.21. The summed E-state index contributed by atoms with van der Waals surface area (Å²) in [5, 5.41) is 3.23. The molecule has 3 heteroatoms. The standard InChI is InChI=1S/C12H20N2O/c1-14-6-4-12(5-7-14)8-9-2-3-10(9)13-11(12)15/h9-10H,2-8H2,1H3,(H,13,15). The summed E-state index contributed by atoms with van der Waals surface area (Å²) >= 11 is 0. The van der Waals surface area contributed by atoms with Crippen LogP contribution in [0.25, 0.3) is 0 Å². The predicted molar refractivity (Wildman–Crippen MR) is 58.4 cm³/mol. The lowest BCUT2D eigenvalue weighted by Gasteiger charge is -2.51. The van der Waals surface area contributed by atoms with Crippen LogP contribution in [0.5, 0.6) is 0 Å². The number of nitrogens with one attached hydrogen (secondary N) is 1. The molecule has 2 unspecified atom stereocenters. The molecular weight excluding hydrogens is 188 g/mol. The van der Waals surface area contributed by atoms with Gasteiger partial charge in [-0.2, -0.15) is 0 Å². The molecule has 3 nitrogen and oxygen atoms in total. The van der Waals surface area contributed by atoms with Gasteiger partial charge in [0.15, 0.2) is 0 Å². The maximum atomic E-state index is 12.1. The minimum absolute atomic E-state index is 0.00803. The van der Waals surface area contributed by atoms with Crippen molar-refractivity contribution in [3.8, 4) is 0 Å². The fourth-order valence-electron chi connectivity index (χ4n) is 3.40. The van der Waals surface area contributed by atoms with E-state index in [1.165, 1.54) is 12.8 Å². The van der Waals surface area contributed by atoms with E-state index in [-0.39, 0.29) is 5.41 Å². The van der Waals surface area contributed by atoms with Gasteiger partial charge in [0.2, 0.25) is 5.91 Å². The molecule has 3 rings (SSSR count). The molecule has 1 saturated carbocycles. The van der Waals surface area contributed by atoms with Gasteiger partial charge in [-0.05, 0) is 58.2 Å². The smallest absolute Gasteiger partial charge is 0.226 e. The maximum Gasteiger partial charge on any atom is 0.226 e. The van der Waals surface area contributed by atoms with Crippen LogP contribution in [0, 0.1) is 11.3 Å². The molecule has 1 N–H and O–H groups in total. The van der Waals surface area contributed by atoms with Gasteiger partial charge in [0, 0.05) is 6.04 Å². The van der Waals surface area contributed by atoms with Crippen molar-refractivity contribution < 1.29 is 4.79 Å². The van der Waals surface area contributed by atoms with Gasteiger partial charge in [-0.3, -0.25) is 4.79 Å².